The first-order valence-electron chi connectivity index (χ1n) is 7.32. The highest BCUT2D eigenvalue weighted by atomic mass is 16.4. The van der Waals surface area contributed by atoms with Gasteiger partial charge in [-0.1, -0.05) is 45.9 Å². The monoisotopic (exact) mass is 286 g/mol. The molecule has 4 heteroatoms. The van der Waals surface area contributed by atoms with Crippen molar-refractivity contribution in [2.24, 2.45) is 5.92 Å². The van der Waals surface area contributed by atoms with E-state index in [9.17, 15) is 9.90 Å². The molecule has 112 valence electrons. The fourth-order valence-electron chi connectivity index (χ4n) is 2.54. The topological polar surface area (TPSA) is 55.1 Å². The minimum absolute atomic E-state index is 0.0877. The Labute approximate surface area is 125 Å². The summed E-state index contributed by atoms with van der Waals surface area (Å²) in [7, 11) is 0. The molecule has 1 heterocycles. The average molecular weight is 286 g/mol. The zero-order valence-electron chi connectivity index (χ0n) is 13.0. The molecule has 1 N–H and O–H groups in total. The van der Waals surface area contributed by atoms with Crippen LogP contribution in [0.1, 0.15) is 55.4 Å². The first kappa shape index (κ1) is 15.3. The van der Waals surface area contributed by atoms with Gasteiger partial charge in [-0.3, -0.25) is 0 Å². The zero-order chi connectivity index (χ0) is 15.6. The molecule has 0 saturated carbocycles. The van der Waals surface area contributed by atoms with E-state index in [1.165, 1.54) is 0 Å². The fraction of sp³-hybridized carbons (Fsp3) is 0.412. The maximum Gasteiger partial charge on any atom is 0.339 e. The summed E-state index contributed by atoms with van der Waals surface area (Å²) in [5, 5.41) is 14.2. The van der Waals surface area contributed by atoms with E-state index in [-0.39, 0.29) is 5.92 Å². The van der Waals surface area contributed by atoms with Crippen LogP contribution in [0.15, 0.2) is 30.3 Å². The number of nitrogens with zero attached hydrogens (tertiary/aromatic N) is 2. The van der Waals surface area contributed by atoms with Gasteiger partial charge in [-0.05, 0) is 30.4 Å². The molecule has 0 unspecified atom stereocenters. The number of hydrogen-bond acceptors (Lipinski definition) is 2. The number of benzene rings is 1. The van der Waals surface area contributed by atoms with Gasteiger partial charge in [0.05, 0.1) is 17.1 Å². The summed E-state index contributed by atoms with van der Waals surface area (Å²) in [5.41, 5.74) is 2.70. The van der Waals surface area contributed by atoms with E-state index in [0.29, 0.717) is 23.6 Å². The Balaban J connectivity index is 2.67. The van der Waals surface area contributed by atoms with Gasteiger partial charge >= 0.3 is 5.97 Å². The van der Waals surface area contributed by atoms with Crippen LogP contribution in [-0.4, -0.2) is 20.9 Å². The third kappa shape index (κ3) is 3.15. The van der Waals surface area contributed by atoms with E-state index in [0.717, 1.165) is 11.4 Å². The van der Waals surface area contributed by atoms with Gasteiger partial charge in [-0.25, -0.2) is 9.48 Å². The Bertz CT molecular complexity index is 628. The van der Waals surface area contributed by atoms with Gasteiger partial charge in [0.2, 0.25) is 0 Å². The number of hydrogen-bond donors (Lipinski definition) is 1. The molecule has 0 amide bonds. The standard InChI is InChI=1S/C17H22N2O2/c1-11(2)10-14-15(17(20)21)16(12(3)4)19(18-14)13-8-6-5-7-9-13/h5-9,11-12H,10H2,1-4H3,(H,20,21). The molecule has 0 aliphatic heterocycles. The van der Waals surface area contributed by atoms with E-state index in [1.54, 1.807) is 4.68 Å². The molecule has 2 rings (SSSR count). The lowest BCUT2D eigenvalue weighted by atomic mass is 9.99. The van der Waals surface area contributed by atoms with E-state index in [4.69, 9.17) is 0 Å². The molecule has 4 nitrogen and oxygen atoms in total. The van der Waals surface area contributed by atoms with Crippen LogP contribution in [0.25, 0.3) is 5.69 Å². The molecule has 0 bridgehead atoms. The SMILES string of the molecule is CC(C)Cc1nn(-c2ccccc2)c(C(C)C)c1C(=O)O. The van der Waals surface area contributed by atoms with Crippen LogP contribution in [0.2, 0.25) is 0 Å². The zero-order valence-corrected chi connectivity index (χ0v) is 13.0. The highest BCUT2D eigenvalue weighted by Gasteiger charge is 2.26. The molecule has 1 aromatic carbocycles. The predicted molar refractivity (Wildman–Crippen MR) is 83.2 cm³/mol. The lowest BCUT2D eigenvalue weighted by molar-refractivity contribution is 0.0694. The van der Waals surface area contributed by atoms with Crippen molar-refractivity contribution in [1.82, 2.24) is 9.78 Å². The van der Waals surface area contributed by atoms with Crippen LogP contribution in [0.4, 0.5) is 0 Å². The van der Waals surface area contributed by atoms with Crippen molar-refractivity contribution >= 4 is 5.97 Å². The number of carboxylic acid groups (broad SMARTS) is 1. The summed E-state index contributed by atoms with van der Waals surface area (Å²) >= 11 is 0. The second kappa shape index (κ2) is 6.12. The van der Waals surface area contributed by atoms with Gasteiger partial charge in [-0.15, -0.1) is 0 Å². The maximum atomic E-state index is 11.7. The van der Waals surface area contributed by atoms with Crippen LogP contribution >= 0.6 is 0 Å². The quantitative estimate of drug-likeness (QED) is 0.907. The first-order valence-corrected chi connectivity index (χ1v) is 7.32. The molecule has 21 heavy (non-hydrogen) atoms. The van der Waals surface area contributed by atoms with Gasteiger partial charge < -0.3 is 5.11 Å². The van der Waals surface area contributed by atoms with Gasteiger partial charge in [0, 0.05) is 0 Å². The van der Waals surface area contributed by atoms with Crippen molar-refractivity contribution in [2.75, 3.05) is 0 Å². The molecule has 1 aromatic heterocycles. The molecule has 0 atom stereocenters. The number of carbonyl (C=O) groups is 1. The Morgan fingerprint density at radius 2 is 1.81 bits per heavy atom. The average Bonchev–Trinajstić information content (AvgIpc) is 2.78. The minimum atomic E-state index is -0.892. The number of aromatic carboxylic acids is 1. The van der Waals surface area contributed by atoms with Crippen LogP contribution in [0, 0.1) is 5.92 Å². The van der Waals surface area contributed by atoms with Gasteiger partial charge in [0.15, 0.2) is 0 Å². The molecular formula is C17H22N2O2. The van der Waals surface area contributed by atoms with Crippen molar-refractivity contribution in [3.05, 3.63) is 47.3 Å². The minimum Gasteiger partial charge on any atom is -0.478 e. The highest BCUT2D eigenvalue weighted by Crippen LogP contribution is 2.27. The second-order valence-electron chi connectivity index (χ2n) is 6.01. The fourth-order valence-corrected chi connectivity index (χ4v) is 2.54. The van der Waals surface area contributed by atoms with E-state index in [1.807, 2.05) is 44.2 Å². The van der Waals surface area contributed by atoms with Gasteiger partial charge in [0.25, 0.3) is 0 Å². The van der Waals surface area contributed by atoms with Crippen LogP contribution < -0.4 is 0 Å². The Morgan fingerprint density at radius 1 is 1.19 bits per heavy atom. The van der Waals surface area contributed by atoms with Crippen molar-refractivity contribution in [3.8, 4) is 5.69 Å². The highest BCUT2D eigenvalue weighted by molar-refractivity contribution is 5.90. The Hall–Kier alpha value is -2.10. The number of rotatable bonds is 5. The van der Waals surface area contributed by atoms with Crippen LogP contribution in [0.3, 0.4) is 0 Å². The smallest absolute Gasteiger partial charge is 0.339 e. The predicted octanol–water partition coefficient (Wildman–Crippen LogP) is 3.89. The lowest BCUT2D eigenvalue weighted by Crippen LogP contribution is -2.09. The second-order valence-corrected chi connectivity index (χ2v) is 6.01. The van der Waals surface area contributed by atoms with Gasteiger partial charge in [0.1, 0.15) is 5.56 Å². The number of aromatic nitrogens is 2. The number of carboxylic acids is 1. The normalized spacial score (nSPS) is 11.3. The summed E-state index contributed by atoms with van der Waals surface area (Å²) in [6, 6.07) is 9.70. The van der Waals surface area contributed by atoms with Crippen molar-refractivity contribution < 1.29 is 9.90 Å². The Kier molecular flexibility index (Phi) is 4.46. The van der Waals surface area contributed by atoms with E-state index >= 15 is 0 Å². The van der Waals surface area contributed by atoms with E-state index in [2.05, 4.69) is 18.9 Å². The molecule has 0 aliphatic rings. The summed E-state index contributed by atoms with van der Waals surface area (Å²) in [6.07, 6.45) is 0.668. The van der Waals surface area contributed by atoms with E-state index < -0.39 is 5.97 Å². The van der Waals surface area contributed by atoms with Crippen LogP contribution in [-0.2, 0) is 6.42 Å². The molecule has 0 spiro atoms. The third-order valence-corrected chi connectivity index (χ3v) is 3.36. The number of para-hydroxylation sites is 1. The summed E-state index contributed by atoms with van der Waals surface area (Å²) < 4.78 is 1.78. The summed E-state index contributed by atoms with van der Waals surface area (Å²) in [5.74, 6) is -0.441. The van der Waals surface area contributed by atoms with Gasteiger partial charge in [-0.2, -0.15) is 5.10 Å². The molecule has 0 aliphatic carbocycles. The largest absolute Gasteiger partial charge is 0.478 e. The first-order chi connectivity index (χ1) is 9.91. The molecule has 0 fully saturated rings. The van der Waals surface area contributed by atoms with Crippen LogP contribution in [0.5, 0.6) is 0 Å². The molecule has 0 radical (unpaired) electrons. The third-order valence-electron chi connectivity index (χ3n) is 3.36. The Morgan fingerprint density at radius 3 is 2.29 bits per heavy atom. The van der Waals surface area contributed by atoms with Crippen molar-refractivity contribution in [2.45, 2.75) is 40.0 Å². The maximum absolute atomic E-state index is 11.7. The van der Waals surface area contributed by atoms with Crippen molar-refractivity contribution in [1.29, 1.82) is 0 Å². The van der Waals surface area contributed by atoms with Crippen molar-refractivity contribution in [3.63, 3.8) is 0 Å². The lowest BCUT2D eigenvalue weighted by Gasteiger charge is -2.11. The molecular weight excluding hydrogens is 264 g/mol. The summed E-state index contributed by atoms with van der Waals surface area (Å²) in [6.45, 7) is 8.15. The summed E-state index contributed by atoms with van der Waals surface area (Å²) in [4.78, 5) is 11.7. The molecule has 2 aromatic rings. The molecule has 0 saturated heterocycles.